The fourth-order valence-corrected chi connectivity index (χ4v) is 2.75. The van der Waals surface area contributed by atoms with Crippen molar-refractivity contribution in [3.05, 3.63) is 34.3 Å². The average molecular weight is 284 g/mol. The minimum atomic E-state index is -0.172. The lowest BCUT2D eigenvalue weighted by molar-refractivity contribution is 0.144. The highest BCUT2D eigenvalue weighted by atomic mass is 79.9. The minimum absolute atomic E-state index is 0.172. The van der Waals surface area contributed by atoms with Crippen LogP contribution >= 0.6 is 15.9 Å². The van der Waals surface area contributed by atoms with E-state index < -0.39 is 0 Å². The molecule has 1 aliphatic carbocycles. The summed E-state index contributed by atoms with van der Waals surface area (Å²) in [4.78, 5) is 0. The fraction of sp³-hybridized carbons (Fsp3) is 0.538. The van der Waals surface area contributed by atoms with Gasteiger partial charge < -0.3 is 10.4 Å². The molecular weight excluding hydrogens is 266 g/mol. The molecule has 88 valence electrons. The van der Waals surface area contributed by atoms with Crippen molar-refractivity contribution in [2.75, 3.05) is 0 Å². The molecule has 2 N–H and O–H groups in total. The molecule has 16 heavy (non-hydrogen) atoms. The van der Waals surface area contributed by atoms with Crippen LogP contribution in [-0.2, 0) is 0 Å². The SMILES string of the molecule is C[C@@H](N[C@@H]1CCC[C@H]1O)c1cccc(Br)c1. The summed E-state index contributed by atoms with van der Waals surface area (Å²) >= 11 is 3.48. The Morgan fingerprint density at radius 3 is 2.88 bits per heavy atom. The van der Waals surface area contributed by atoms with Gasteiger partial charge in [0.15, 0.2) is 0 Å². The van der Waals surface area contributed by atoms with E-state index in [9.17, 15) is 5.11 Å². The molecule has 1 aliphatic rings. The van der Waals surface area contributed by atoms with Gasteiger partial charge in [-0.05, 0) is 43.9 Å². The number of halogens is 1. The van der Waals surface area contributed by atoms with Crippen LogP contribution in [0.2, 0.25) is 0 Å². The molecule has 2 rings (SSSR count). The molecule has 0 spiro atoms. The predicted molar refractivity (Wildman–Crippen MR) is 69.3 cm³/mol. The lowest BCUT2D eigenvalue weighted by atomic mass is 10.1. The van der Waals surface area contributed by atoms with E-state index in [4.69, 9.17) is 0 Å². The second-order valence-corrected chi connectivity index (χ2v) is 5.46. The summed E-state index contributed by atoms with van der Waals surface area (Å²) in [5.74, 6) is 0. The number of benzene rings is 1. The monoisotopic (exact) mass is 283 g/mol. The van der Waals surface area contributed by atoms with Crippen molar-refractivity contribution in [1.82, 2.24) is 5.32 Å². The highest BCUT2D eigenvalue weighted by molar-refractivity contribution is 9.10. The van der Waals surface area contributed by atoms with Gasteiger partial charge in [-0.25, -0.2) is 0 Å². The molecule has 1 fully saturated rings. The van der Waals surface area contributed by atoms with Gasteiger partial charge in [-0.1, -0.05) is 28.1 Å². The highest BCUT2D eigenvalue weighted by Gasteiger charge is 2.26. The first-order valence-electron chi connectivity index (χ1n) is 5.86. The number of hydrogen-bond donors (Lipinski definition) is 2. The van der Waals surface area contributed by atoms with Crippen LogP contribution in [0.3, 0.4) is 0 Å². The van der Waals surface area contributed by atoms with Crippen molar-refractivity contribution >= 4 is 15.9 Å². The number of aliphatic hydroxyl groups excluding tert-OH is 1. The predicted octanol–water partition coefficient (Wildman–Crippen LogP) is 3.01. The maximum Gasteiger partial charge on any atom is 0.0693 e. The molecule has 0 unspecified atom stereocenters. The first kappa shape index (κ1) is 12.1. The quantitative estimate of drug-likeness (QED) is 0.894. The zero-order chi connectivity index (χ0) is 11.5. The Balaban J connectivity index is 1.99. The van der Waals surface area contributed by atoms with Gasteiger partial charge in [0, 0.05) is 16.6 Å². The maximum absolute atomic E-state index is 9.77. The summed E-state index contributed by atoms with van der Waals surface area (Å²) in [6.45, 7) is 2.15. The summed E-state index contributed by atoms with van der Waals surface area (Å²) in [5.41, 5.74) is 1.26. The van der Waals surface area contributed by atoms with Crippen molar-refractivity contribution in [3.63, 3.8) is 0 Å². The average Bonchev–Trinajstić information content (AvgIpc) is 2.64. The molecule has 0 bridgehead atoms. The molecule has 0 radical (unpaired) electrons. The normalized spacial score (nSPS) is 26.9. The van der Waals surface area contributed by atoms with E-state index in [-0.39, 0.29) is 18.2 Å². The van der Waals surface area contributed by atoms with Crippen LogP contribution in [0.25, 0.3) is 0 Å². The van der Waals surface area contributed by atoms with E-state index in [1.54, 1.807) is 0 Å². The zero-order valence-electron chi connectivity index (χ0n) is 9.49. The van der Waals surface area contributed by atoms with Gasteiger partial charge in [0.25, 0.3) is 0 Å². The van der Waals surface area contributed by atoms with Crippen LogP contribution in [0.15, 0.2) is 28.7 Å². The summed E-state index contributed by atoms with van der Waals surface area (Å²) in [7, 11) is 0. The van der Waals surface area contributed by atoms with Gasteiger partial charge >= 0.3 is 0 Å². The molecule has 0 aromatic heterocycles. The molecule has 1 saturated carbocycles. The van der Waals surface area contributed by atoms with Gasteiger partial charge in [-0.15, -0.1) is 0 Å². The smallest absolute Gasteiger partial charge is 0.0693 e. The Morgan fingerprint density at radius 1 is 1.44 bits per heavy atom. The molecule has 0 saturated heterocycles. The zero-order valence-corrected chi connectivity index (χ0v) is 11.1. The van der Waals surface area contributed by atoms with Gasteiger partial charge in [0.2, 0.25) is 0 Å². The number of rotatable bonds is 3. The van der Waals surface area contributed by atoms with E-state index in [1.807, 2.05) is 12.1 Å². The second kappa shape index (κ2) is 5.30. The van der Waals surface area contributed by atoms with E-state index in [0.717, 1.165) is 23.7 Å². The second-order valence-electron chi connectivity index (χ2n) is 4.55. The maximum atomic E-state index is 9.77. The first-order chi connectivity index (χ1) is 7.66. The Bertz CT molecular complexity index is 356. The molecule has 3 heteroatoms. The molecule has 0 aliphatic heterocycles. The standard InChI is InChI=1S/C13H18BrNO/c1-9(10-4-2-5-11(14)8-10)15-12-6-3-7-13(12)16/h2,4-5,8-9,12-13,15-16H,3,6-7H2,1H3/t9-,12-,13-/m1/s1. The van der Waals surface area contributed by atoms with E-state index in [2.05, 4.69) is 40.3 Å². The Labute approximate surface area is 105 Å². The molecule has 1 aromatic rings. The minimum Gasteiger partial charge on any atom is -0.392 e. The number of hydrogen-bond acceptors (Lipinski definition) is 2. The summed E-state index contributed by atoms with van der Waals surface area (Å²) in [5, 5.41) is 13.3. The lowest BCUT2D eigenvalue weighted by Gasteiger charge is -2.22. The Hall–Kier alpha value is -0.380. The van der Waals surface area contributed by atoms with E-state index in [1.165, 1.54) is 5.56 Å². The molecule has 0 heterocycles. The van der Waals surface area contributed by atoms with Crippen LogP contribution in [0.5, 0.6) is 0 Å². The van der Waals surface area contributed by atoms with Crippen molar-refractivity contribution in [3.8, 4) is 0 Å². The van der Waals surface area contributed by atoms with E-state index in [0.29, 0.717) is 0 Å². The van der Waals surface area contributed by atoms with Gasteiger partial charge in [-0.3, -0.25) is 0 Å². The van der Waals surface area contributed by atoms with Crippen molar-refractivity contribution in [1.29, 1.82) is 0 Å². The lowest BCUT2D eigenvalue weighted by Crippen LogP contribution is -2.37. The molecule has 3 atom stereocenters. The van der Waals surface area contributed by atoms with Crippen LogP contribution in [0.4, 0.5) is 0 Å². The molecular formula is C13H18BrNO. The Kier molecular flexibility index (Phi) is 4.00. The third kappa shape index (κ3) is 2.84. The van der Waals surface area contributed by atoms with Crippen molar-refractivity contribution < 1.29 is 5.11 Å². The van der Waals surface area contributed by atoms with E-state index >= 15 is 0 Å². The van der Waals surface area contributed by atoms with Gasteiger partial charge in [0.1, 0.15) is 0 Å². The summed E-state index contributed by atoms with van der Waals surface area (Å²) < 4.78 is 1.10. The largest absolute Gasteiger partial charge is 0.392 e. The van der Waals surface area contributed by atoms with Crippen LogP contribution < -0.4 is 5.32 Å². The molecule has 1 aromatic carbocycles. The summed E-state index contributed by atoms with van der Waals surface area (Å²) in [6, 6.07) is 8.86. The van der Waals surface area contributed by atoms with Gasteiger partial charge in [0.05, 0.1) is 6.10 Å². The van der Waals surface area contributed by atoms with Crippen LogP contribution in [0.1, 0.15) is 37.8 Å². The summed E-state index contributed by atoms with van der Waals surface area (Å²) in [6.07, 6.45) is 2.97. The van der Waals surface area contributed by atoms with Gasteiger partial charge in [-0.2, -0.15) is 0 Å². The number of aliphatic hydroxyl groups is 1. The molecule has 2 nitrogen and oxygen atoms in total. The third-order valence-corrected chi connectivity index (χ3v) is 3.79. The number of nitrogens with one attached hydrogen (secondary N) is 1. The van der Waals surface area contributed by atoms with Crippen molar-refractivity contribution in [2.45, 2.75) is 44.4 Å². The van der Waals surface area contributed by atoms with Crippen LogP contribution in [0, 0.1) is 0 Å². The third-order valence-electron chi connectivity index (χ3n) is 3.29. The van der Waals surface area contributed by atoms with Crippen LogP contribution in [-0.4, -0.2) is 17.3 Å². The molecule has 0 amide bonds. The topological polar surface area (TPSA) is 32.3 Å². The fourth-order valence-electron chi connectivity index (χ4n) is 2.33. The highest BCUT2D eigenvalue weighted by Crippen LogP contribution is 2.23. The van der Waals surface area contributed by atoms with Crippen molar-refractivity contribution in [2.24, 2.45) is 0 Å². The Morgan fingerprint density at radius 2 is 2.25 bits per heavy atom. The first-order valence-corrected chi connectivity index (χ1v) is 6.65.